The van der Waals surface area contributed by atoms with Crippen molar-refractivity contribution in [1.29, 1.82) is 0 Å². The van der Waals surface area contributed by atoms with Crippen LogP contribution < -0.4 is 26.3 Å². The predicted octanol–water partition coefficient (Wildman–Crippen LogP) is 1.70. The van der Waals surface area contributed by atoms with Crippen LogP contribution in [0.25, 0.3) is 0 Å². The van der Waals surface area contributed by atoms with Gasteiger partial charge in [0.2, 0.25) is 5.91 Å². The number of nitrogens with two attached hydrogens (primary N) is 2. The summed E-state index contributed by atoms with van der Waals surface area (Å²) in [6.07, 6.45) is 0.850. The van der Waals surface area contributed by atoms with E-state index in [1.165, 1.54) is 0 Å². The zero-order chi connectivity index (χ0) is 16.2. The number of carbonyl (C=O) groups excluding carboxylic acids is 1. The molecule has 23 heavy (non-hydrogen) atoms. The van der Waals surface area contributed by atoms with Crippen molar-refractivity contribution in [2.75, 3.05) is 25.1 Å². The lowest BCUT2D eigenvalue weighted by Gasteiger charge is -2.17. The monoisotopic (exact) mass is 434 g/mol. The largest absolute Gasteiger partial charge is 0.490 e. The number of ether oxygens (including phenoxy) is 2. The van der Waals surface area contributed by atoms with E-state index in [1.807, 2.05) is 18.2 Å². The van der Waals surface area contributed by atoms with E-state index < -0.39 is 11.3 Å². The van der Waals surface area contributed by atoms with Gasteiger partial charge < -0.3 is 26.3 Å². The molecule has 7 nitrogen and oxygen atoms in total. The number of carbonyl (C=O) groups is 1. The van der Waals surface area contributed by atoms with Crippen LogP contribution in [0.2, 0.25) is 0 Å². The number of anilines is 1. The highest BCUT2D eigenvalue weighted by molar-refractivity contribution is 14.0. The first-order chi connectivity index (χ1) is 10.4. The Morgan fingerprint density at radius 3 is 2.57 bits per heavy atom. The molecular weight excluding hydrogens is 411 g/mol. The summed E-state index contributed by atoms with van der Waals surface area (Å²) in [6, 6.07) is 5.46. The van der Waals surface area contributed by atoms with E-state index in [4.69, 9.17) is 20.9 Å². The molecule has 0 aromatic heterocycles. The van der Waals surface area contributed by atoms with E-state index in [0.29, 0.717) is 24.7 Å². The van der Waals surface area contributed by atoms with Gasteiger partial charge in [0, 0.05) is 18.2 Å². The van der Waals surface area contributed by atoms with Gasteiger partial charge in [-0.15, -0.1) is 24.0 Å². The Balaban J connectivity index is 0.00000264. The summed E-state index contributed by atoms with van der Waals surface area (Å²) in [7, 11) is 0. The van der Waals surface area contributed by atoms with Gasteiger partial charge in [-0.25, -0.2) is 0 Å². The van der Waals surface area contributed by atoms with E-state index in [2.05, 4.69) is 10.3 Å². The van der Waals surface area contributed by atoms with Crippen LogP contribution in [-0.2, 0) is 4.79 Å². The lowest BCUT2D eigenvalue weighted by atomic mass is 9.93. The van der Waals surface area contributed by atoms with Gasteiger partial charge in [0.05, 0.1) is 25.2 Å². The van der Waals surface area contributed by atoms with Crippen LogP contribution in [-0.4, -0.2) is 31.6 Å². The summed E-state index contributed by atoms with van der Waals surface area (Å²) in [6.45, 7) is 4.92. The lowest BCUT2D eigenvalue weighted by Crippen LogP contribution is -2.35. The second-order valence-electron chi connectivity index (χ2n) is 5.79. The number of hydrogen-bond donors (Lipinski definition) is 3. The molecule has 0 atom stereocenters. The summed E-state index contributed by atoms with van der Waals surface area (Å²) < 4.78 is 11.2. The van der Waals surface area contributed by atoms with Crippen molar-refractivity contribution < 1.29 is 14.3 Å². The van der Waals surface area contributed by atoms with Gasteiger partial charge in [-0.3, -0.25) is 9.79 Å². The zero-order valence-corrected chi connectivity index (χ0v) is 15.6. The second-order valence-corrected chi connectivity index (χ2v) is 5.79. The zero-order valence-electron chi connectivity index (χ0n) is 13.3. The Morgan fingerprint density at radius 2 is 1.91 bits per heavy atom. The summed E-state index contributed by atoms with van der Waals surface area (Å²) in [5, 5.41) is 2.96. The maximum atomic E-state index is 11.2. The summed E-state index contributed by atoms with van der Waals surface area (Å²) in [5.74, 6) is 1.18. The molecule has 0 saturated carbocycles. The number of aliphatic imine (C=N–C) groups is 1. The van der Waals surface area contributed by atoms with Gasteiger partial charge >= 0.3 is 0 Å². The standard InChI is InChI=1S/C15H22N4O3.HI/c1-15(2,13(16)20)9-18-14(17)19-10-4-5-11-12(8-10)22-7-3-6-21-11;/h4-5,8H,3,6-7,9H2,1-2H3,(H2,16,20)(H3,17,18,19);1H. The van der Waals surface area contributed by atoms with Crippen molar-refractivity contribution >= 4 is 41.5 Å². The third-order valence-electron chi connectivity index (χ3n) is 3.33. The molecule has 1 aliphatic rings. The molecule has 0 radical (unpaired) electrons. The Morgan fingerprint density at radius 1 is 1.26 bits per heavy atom. The summed E-state index contributed by atoms with van der Waals surface area (Å²) >= 11 is 0. The molecule has 5 N–H and O–H groups in total. The molecule has 1 heterocycles. The Bertz CT molecular complexity index is 590. The molecule has 0 aliphatic carbocycles. The van der Waals surface area contributed by atoms with Crippen molar-refractivity contribution in [3.8, 4) is 11.5 Å². The molecule has 1 aliphatic heterocycles. The fourth-order valence-corrected chi connectivity index (χ4v) is 1.79. The van der Waals surface area contributed by atoms with Crippen LogP contribution in [0.1, 0.15) is 20.3 Å². The molecule has 0 unspecified atom stereocenters. The number of guanidine groups is 1. The van der Waals surface area contributed by atoms with Gasteiger partial charge in [-0.2, -0.15) is 0 Å². The number of rotatable bonds is 4. The molecular formula is C15H23IN4O3. The molecule has 0 saturated heterocycles. The minimum absolute atomic E-state index is 0. The van der Waals surface area contributed by atoms with Crippen LogP contribution >= 0.6 is 24.0 Å². The number of fused-ring (bicyclic) bond motifs is 1. The Kier molecular flexibility index (Phi) is 6.92. The van der Waals surface area contributed by atoms with E-state index in [-0.39, 0.29) is 36.5 Å². The van der Waals surface area contributed by atoms with Gasteiger partial charge in [0.15, 0.2) is 17.5 Å². The number of hydrogen-bond acceptors (Lipinski definition) is 4. The van der Waals surface area contributed by atoms with Crippen molar-refractivity contribution in [2.45, 2.75) is 20.3 Å². The second kappa shape index (κ2) is 8.23. The van der Waals surface area contributed by atoms with Crippen LogP contribution in [0.3, 0.4) is 0 Å². The lowest BCUT2D eigenvalue weighted by molar-refractivity contribution is -0.125. The van der Waals surface area contributed by atoms with E-state index in [0.717, 1.165) is 12.1 Å². The van der Waals surface area contributed by atoms with E-state index in [9.17, 15) is 4.79 Å². The topological polar surface area (TPSA) is 112 Å². The molecule has 1 amide bonds. The number of primary amides is 1. The van der Waals surface area contributed by atoms with E-state index in [1.54, 1.807) is 13.8 Å². The third kappa shape index (κ3) is 5.45. The van der Waals surface area contributed by atoms with Gasteiger partial charge in [-0.05, 0) is 26.0 Å². The average molecular weight is 434 g/mol. The number of halogens is 1. The predicted molar refractivity (Wildman–Crippen MR) is 101 cm³/mol. The highest BCUT2D eigenvalue weighted by atomic mass is 127. The number of nitrogens with zero attached hydrogens (tertiary/aromatic N) is 1. The fraction of sp³-hybridized carbons (Fsp3) is 0.467. The first-order valence-corrected chi connectivity index (χ1v) is 7.15. The van der Waals surface area contributed by atoms with Crippen molar-refractivity contribution in [3.63, 3.8) is 0 Å². The maximum Gasteiger partial charge on any atom is 0.224 e. The maximum absolute atomic E-state index is 11.2. The quantitative estimate of drug-likeness (QED) is 0.380. The number of nitrogens with one attached hydrogen (secondary N) is 1. The molecule has 2 rings (SSSR count). The smallest absolute Gasteiger partial charge is 0.224 e. The van der Waals surface area contributed by atoms with Crippen LogP contribution in [0.15, 0.2) is 23.2 Å². The highest BCUT2D eigenvalue weighted by Crippen LogP contribution is 2.32. The molecule has 0 bridgehead atoms. The van der Waals surface area contributed by atoms with Crippen LogP contribution in [0.5, 0.6) is 11.5 Å². The van der Waals surface area contributed by atoms with E-state index >= 15 is 0 Å². The Labute approximate surface area is 152 Å². The Hall–Kier alpha value is -1.71. The number of benzene rings is 1. The van der Waals surface area contributed by atoms with Crippen LogP contribution in [0.4, 0.5) is 5.69 Å². The summed E-state index contributed by atoms with van der Waals surface area (Å²) in [4.78, 5) is 15.4. The molecule has 0 spiro atoms. The molecule has 0 fully saturated rings. The molecule has 1 aromatic carbocycles. The third-order valence-corrected chi connectivity index (χ3v) is 3.33. The highest BCUT2D eigenvalue weighted by Gasteiger charge is 2.24. The molecule has 128 valence electrons. The minimum atomic E-state index is -0.739. The van der Waals surface area contributed by atoms with Gasteiger partial charge in [0.1, 0.15) is 0 Å². The SMILES string of the molecule is CC(C)(CN=C(N)Nc1ccc2c(c1)OCCCO2)C(N)=O.I. The van der Waals surface area contributed by atoms with Gasteiger partial charge in [-0.1, -0.05) is 0 Å². The summed E-state index contributed by atoms with van der Waals surface area (Å²) in [5.41, 5.74) is 11.1. The van der Waals surface area contributed by atoms with Crippen LogP contribution in [0, 0.1) is 5.41 Å². The molecule has 8 heteroatoms. The first kappa shape index (κ1) is 19.3. The van der Waals surface area contributed by atoms with Crippen molar-refractivity contribution in [1.82, 2.24) is 0 Å². The van der Waals surface area contributed by atoms with Crippen molar-refractivity contribution in [2.24, 2.45) is 21.9 Å². The normalized spacial score (nSPS) is 14.4. The first-order valence-electron chi connectivity index (χ1n) is 7.15. The van der Waals surface area contributed by atoms with Gasteiger partial charge in [0.25, 0.3) is 0 Å². The fourth-order valence-electron chi connectivity index (χ4n) is 1.79. The average Bonchev–Trinajstić information content (AvgIpc) is 2.70. The minimum Gasteiger partial charge on any atom is -0.490 e. The molecule has 1 aromatic rings. The van der Waals surface area contributed by atoms with Crippen molar-refractivity contribution in [3.05, 3.63) is 18.2 Å². The number of amides is 1.